The SMILES string of the molecule is COc1cc(N)cc(-n2nnc3ccccc32)c1. The van der Waals surface area contributed by atoms with Crippen LogP contribution in [-0.2, 0) is 0 Å². The molecule has 0 saturated heterocycles. The summed E-state index contributed by atoms with van der Waals surface area (Å²) in [5.41, 5.74) is 9.09. The Bertz CT molecular complexity index is 705. The number of anilines is 1. The number of hydrogen-bond acceptors (Lipinski definition) is 4. The van der Waals surface area contributed by atoms with Gasteiger partial charge in [-0.15, -0.1) is 5.10 Å². The van der Waals surface area contributed by atoms with E-state index in [4.69, 9.17) is 10.5 Å². The van der Waals surface area contributed by atoms with Gasteiger partial charge in [0, 0.05) is 17.8 Å². The van der Waals surface area contributed by atoms with Crippen LogP contribution in [0.25, 0.3) is 16.7 Å². The number of rotatable bonds is 2. The number of hydrogen-bond donors (Lipinski definition) is 1. The molecule has 0 saturated carbocycles. The summed E-state index contributed by atoms with van der Waals surface area (Å²) >= 11 is 0. The van der Waals surface area contributed by atoms with E-state index in [1.54, 1.807) is 17.9 Å². The summed E-state index contributed by atoms with van der Waals surface area (Å²) in [4.78, 5) is 0. The van der Waals surface area contributed by atoms with E-state index in [0.717, 1.165) is 16.7 Å². The molecular formula is C13H12N4O. The summed E-state index contributed by atoms with van der Waals surface area (Å²) < 4.78 is 6.95. The number of para-hydroxylation sites is 1. The lowest BCUT2D eigenvalue weighted by Gasteiger charge is -2.06. The van der Waals surface area contributed by atoms with Gasteiger partial charge in [0.05, 0.1) is 18.3 Å². The number of aromatic nitrogens is 3. The number of ether oxygens (including phenoxy) is 1. The van der Waals surface area contributed by atoms with Gasteiger partial charge in [-0.05, 0) is 18.2 Å². The summed E-state index contributed by atoms with van der Waals surface area (Å²) in [6.45, 7) is 0. The molecule has 0 aliphatic rings. The van der Waals surface area contributed by atoms with Crippen molar-refractivity contribution in [1.29, 1.82) is 0 Å². The highest BCUT2D eigenvalue weighted by Gasteiger charge is 2.07. The fourth-order valence-corrected chi connectivity index (χ4v) is 1.91. The third kappa shape index (κ3) is 1.66. The van der Waals surface area contributed by atoms with Crippen LogP contribution in [0.4, 0.5) is 5.69 Å². The maximum Gasteiger partial charge on any atom is 0.123 e. The number of fused-ring (bicyclic) bond motifs is 1. The van der Waals surface area contributed by atoms with Crippen molar-refractivity contribution in [2.75, 3.05) is 12.8 Å². The third-order valence-electron chi connectivity index (χ3n) is 2.75. The van der Waals surface area contributed by atoms with E-state index in [1.165, 1.54) is 0 Å². The van der Waals surface area contributed by atoms with Crippen LogP contribution < -0.4 is 10.5 Å². The first kappa shape index (κ1) is 10.6. The highest BCUT2D eigenvalue weighted by molar-refractivity contribution is 5.76. The lowest BCUT2D eigenvalue weighted by atomic mass is 10.2. The summed E-state index contributed by atoms with van der Waals surface area (Å²) in [5, 5.41) is 8.25. The molecule has 5 nitrogen and oxygen atoms in total. The molecule has 0 aliphatic heterocycles. The van der Waals surface area contributed by atoms with E-state index >= 15 is 0 Å². The van der Waals surface area contributed by atoms with Crippen molar-refractivity contribution in [2.45, 2.75) is 0 Å². The molecule has 90 valence electrons. The van der Waals surface area contributed by atoms with Crippen molar-refractivity contribution in [3.8, 4) is 11.4 Å². The molecule has 0 radical (unpaired) electrons. The zero-order valence-electron chi connectivity index (χ0n) is 9.87. The van der Waals surface area contributed by atoms with E-state index in [2.05, 4.69) is 10.3 Å². The van der Waals surface area contributed by atoms with Gasteiger partial charge in [0.1, 0.15) is 11.3 Å². The minimum atomic E-state index is 0.629. The van der Waals surface area contributed by atoms with E-state index in [0.29, 0.717) is 11.4 Å². The van der Waals surface area contributed by atoms with E-state index in [9.17, 15) is 0 Å². The number of benzene rings is 2. The topological polar surface area (TPSA) is 66.0 Å². The molecule has 0 aliphatic carbocycles. The normalized spacial score (nSPS) is 10.7. The molecule has 0 amide bonds. The van der Waals surface area contributed by atoms with Gasteiger partial charge in [0.25, 0.3) is 0 Å². The largest absolute Gasteiger partial charge is 0.497 e. The Morgan fingerprint density at radius 3 is 2.83 bits per heavy atom. The molecule has 0 atom stereocenters. The van der Waals surface area contributed by atoms with Crippen LogP contribution in [-0.4, -0.2) is 22.1 Å². The maximum atomic E-state index is 5.84. The predicted octanol–water partition coefficient (Wildman–Crippen LogP) is 2.01. The first-order chi connectivity index (χ1) is 8.78. The van der Waals surface area contributed by atoms with Crippen LogP contribution in [0.3, 0.4) is 0 Å². The average Bonchev–Trinajstić information content (AvgIpc) is 2.81. The van der Waals surface area contributed by atoms with Gasteiger partial charge in [-0.25, -0.2) is 4.68 Å². The van der Waals surface area contributed by atoms with Crippen molar-refractivity contribution >= 4 is 16.7 Å². The molecule has 3 rings (SSSR count). The fraction of sp³-hybridized carbons (Fsp3) is 0.0769. The molecule has 2 N–H and O–H groups in total. The molecule has 2 aromatic carbocycles. The summed E-state index contributed by atoms with van der Waals surface area (Å²) in [6.07, 6.45) is 0. The summed E-state index contributed by atoms with van der Waals surface area (Å²) in [6, 6.07) is 13.2. The first-order valence-electron chi connectivity index (χ1n) is 5.53. The van der Waals surface area contributed by atoms with Crippen LogP contribution in [0.15, 0.2) is 42.5 Å². The van der Waals surface area contributed by atoms with Crippen LogP contribution in [0.5, 0.6) is 5.75 Å². The second kappa shape index (κ2) is 4.03. The minimum absolute atomic E-state index is 0.629. The fourth-order valence-electron chi connectivity index (χ4n) is 1.91. The standard InChI is InChI=1S/C13H12N4O/c1-18-11-7-9(14)6-10(8-11)17-13-5-3-2-4-12(13)15-16-17/h2-8H,14H2,1H3. The van der Waals surface area contributed by atoms with E-state index in [1.807, 2.05) is 36.4 Å². The van der Waals surface area contributed by atoms with E-state index < -0.39 is 0 Å². The summed E-state index contributed by atoms with van der Waals surface area (Å²) in [7, 11) is 1.61. The Morgan fingerprint density at radius 1 is 1.17 bits per heavy atom. The Balaban J connectivity index is 2.22. The molecule has 0 spiro atoms. The lowest BCUT2D eigenvalue weighted by molar-refractivity contribution is 0.415. The smallest absolute Gasteiger partial charge is 0.123 e. The number of nitrogens with zero attached hydrogens (tertiary/aromatic N) is 3. The zero-order valence-corrected chi connectivity index (χ0v) is 9.87. The maximum absolute atomic E-state index is 5.84. The van der Waals surface area contributed by atoms with Gasteiger partial charge in [-0.3, -0.25) is 0 Å². The quantitative estimate of drug-likeness (QED) is 0.696. The molecule has 0 unspecified atom stereocenters. The third-order valence-corrected chi connectivity index (χ3v) is 2.75. The van der Waals surface area contributed by atoms with Gasteiger partial charge in [0.2, 0.25) is 0 Å². The Labute approximate surface area is 104 Å². The van der Waals surface area contributed by atoms with Crippen LogP contribution in [0.2, 0.25) is 0 Å². The second-order valence-corrected chi connectivity index (χ2v) is 3.95. The average molecular weight is 240 g/mol. The predicted molar refractivity (Wildman–Crippen MR) is 69.8 cm³/mol. The Kier molecular flexibility index (Phi) is 2.37. The number of nitrogen functional groups attached to an aromatic ring is 1. The Hall–Kier alpha value is -2.56. The van der Waals surface area contributed by atoms with Gasteiger partial charge in [0.15, 0.2) is 0 Å². The molecule has 1 heterocycles. The zero-order chi connectivity index (χ0) is 12.5. The van der Waals surface area contributed by atoms with Gasteiger partial charge < -0.3 is 10.5 Å². The van der Waals surface area contributed by atoms with Crippen molar-refractivity contribution in [2.24, 2.45) is 0 Å². The van der Waals surface area contributed by atoms with Gasteiger partial charge in [-0.1, -0.05) is 17.3 Å². The Morgan fingerprint density at radius 2 is 2.00 bits per heavy atom. The molecule has 0 bridgehead atoms. The van der Waals surface area contributed by atoms with E-state index in [-0.39, 0.29) is 0 Å². The molecule has 18 heavy (non-hydrogen) atoms. The monoisotopic (exact) mass is 240 g/mol. The highest BCUT2D eigenvalue weighted by atomic mass is 16.5. The summed E-state index contributed by atoms with van der Waals surface area (Å²) in [5.74, 6) is 0.699. The van der Waals surface area contributed by atoms with Crippen molar-refractivity contribution in [3.05, 3.63) is 42.5 Å². The number of methoxy groups -OCH3 is 1. The van der Waals surface area contributed by atoms with Crippen LogP contribution in [0, 0.1) is 0 Å². The minimum Gasteiger partial charge on any atom is -0.497 e. The highest BCUT2D eigenvalue weighted by Crippen LogP contribution is 2.23. The van der Waals surface area contributed by atoms with Gasteiger partial charge >= 0.3 is 0 Å². The van der Waals surface area contributed by atoms with Gasteiger partial charge in [-0.2, -0.15) is 0 Å². The lowest BCUT2D eigenvalue weighted by Crippen LogP contribution is -1.99. The van der Waals surface area contributed by atoms with Crippen molar-refractivity contribution < 1.29 is 4.74 Å². The van der Waals surface area contributed by atoms with Crippen molar-refractivity contribution in [1.82, 2.24) is 15.0 Å². The van der Waals surface area contributed by atoms with Crippen molar-refractivity contribution in [3.63, 3.8) is 0 Å². The molecule has 3 aromatic rings. The van der Waals surface area contributed by atoms with Crippen LogP contribution in [0.1, 0.15) is 0 Å². The second-order valence-electron chi connectivity index (χ2n) is 3.95. The number of nitrogens with two attached hydrogens (primary N) is 1. The van der Waals surface area contributed by atoms with Crippen LogP contribution >= 0.6 is 0 Å². The molecular weight excluding hydrogens is 228 g/mol. The molecule has 5 heteroatoms. The first-order valence-corrected chi connectivity index (χ1v) is 5.53. The molecule has 1 aromatic heterocycles. The molecule has 0 fully saturated rings.